The van der Waals surface area contributed by atoms with Crippen LogP contribution < -0.4 is 15.4 Å². The van der Waals surface area contributed by atoms with Gasteiger partial charge in [-0.05, 0) is 69.5 Å². The van der Waals surface area contributed by atoms with Crippen molar-refractivity contribution in [3.05, 3.63) is 88.5 Å². The first-order valence-electron chi connectivity index (χ1n) is 13.7. The fourth-order valence-electron chi connectivity index (χ4n) is 8.16. The molecule has 0 aliphatic carbocycles. The summed E-state index contributed by atoms with van der Waals surface area (Å²) in [7, 11) is 0. The maximum atomic E-state index is 14.9. The van der Waals surface area contributed by atoms with Crippen molar-refractivity contribution in [1.29, 1.82) is 0 Å². The van der Waals surface area contributed by atoms with Gasteiger partial charge in [0.2, 0.25) is 5.91 Å². The Kier molecular flexibility index (Phi) is 5.11. The van der Waals surface area contributed by atoms with Crippen molar-refractivity contribution in [3.8, 4) is 5.75 Å². The summed E-state index contributed by atoms with van der Waals surface area (Å²) in [6.45, 7) is 6.92. The highest BCUT2D eigenvalue weighted by atomic mass is 16.5. The minimum atomic E-state index is -1.46. The van der Waals surface area contributed by atoms with Crippen molar-refractivity contribution in [1.82, 2.24) is 4.90 Å². The average molecular weight is 522 g/mol. The third-order valence-corrected chi connectivity index (χ3v) is 9.28. The lowest BCUT2D eigenvalue weighted by molar-refractivity contribution is -0.137. The molecule has 2 fully saturated rings. The molecule has 0 saturated carbocycles. The van der Waals surface area contributed by atoms with Gasteiger partial charge in [0.25, 0.3) is 5.91 Å². The summed E-state index contributed by atoms with van der Waals surface area (Å²) in [5.74, 6) is -0.987. The summed E-state index contributed by atoms with van der Waals surface area (Å²) >= 11 is 0. The lowest BCUT2D eigenvalue weighted by Gasteiger charge is -2.43. The van der Waals surface area contributed by atoms with Crippen LogP contribution in [0.2, 0.25) is 0 Å². The second-order valence-electron chi connectivity index (χ2n) is 11.2. The Morgan fingerprint density at radius 1 is 1.00 bits per heavy atom. The zero-order valence-corrected chi connectivity index (χ0v) is 22.3. The lowest BCUT2D eigenvalue weighted by Crippen LogP contribution is -2.62. The van der Waals surface area contributed by atoms with Crippen LogP contribution >= 0.6 is 0 Å². The van der Waals surface area contributed by atoms with Gasteiger partial charge in [-0.2, -0.15) is 0 Å². The molecule has 4 atom stereocenters. The van der Waals surface area contributed by atoms with E-state index in [1.165, 1.54) is 0 Å². The highest BCUT2D eigenvalue weighted by Crippen LogP contribution is 2.68. The summed E-state index contributed by atoms with van der Waals surface area (Å²) in [4.78, 5) is 46.3. The summed E-state index contributed by atoms with van der Waals surface area (Å²) < 4.78 is 5.89. The number of hydrogen-bond acceptors (Lipinski definition) is 5. The van der Waals surface area contributed by atoms with E-state index in [0.717, 1.165) is 35.2 Å². The average Bonchev–Trinajstić information content (AvgIpc) is 3.64. The molecule has 2 spiro atoms. The van der Waals surface area contributed by atoms with Gasteiger partial charge in [-0.1, -0.05) is 48.0 Å². The highest BCUT2D eigenvalue weighted by Gasteiger charge is 2.81. The minimum Gasteiger partial charge on any atom is -0.493 e. The van der Waals surface area contributed by atoms with Gasteiger partial charge in [0, 0.05) is 23.0 Å². The van der Waals surface area contributed by atoms with Crippen LogP contribution in [-0.2, 0) is 20.5 Å². The molecule has 39 heavy (non-hydrogen) atoms. The molecule has 7 nitrogen and oxygen atoms in total. The van der Waals surface area contributed by atoms with E-state index in [9.17, 15) is 14.4 Å². The van der Waals surface area contributed by atoms with E-state index in [2.05, 4.69) is 15.5 Å². The number of nitrogens with one attached hydrogen (secondary N) is 2. The second kappa shape index (κ2) is 8.26. The van der Waals surface area contributed by atoms with E-state index in [-0.39, 0.29) is 23.6 Å². The number of para-hydroxylation sites is 2. The van der Waals surface area contributed by atoms with Crippen LogP contribution in [0.25, 0.3) is 0 Å². The molecule has 4 heterocycles. The molecule has 3 aromatic rings. The number of hydrogen-bond donors (Lipinski definition) is 2. The van der Waals surface area contributed by atoms with Crippen molar-refractivity contribution in [2.45, 2.75) is 50.6 Å². The quantitative estimate of drug-likeness (QED) is 0.486. The molecule has 7 rings (SSSR count). The number of carbonyl (C=O) groups excluding carboxylic acids is 3. The Morgan fingerprint density at radius 2 is 1.77 bits per heavy atom. The molecule has 3 aromatic carbocycles. The number of ketones is 1. The molecule has 4 aliphatic rings. The number of aryl methyl sites for hydroxylation is 2. The summed E-state index contributed by atoms with van der Waals surface area (Å²) in [5, 5.41) is 6.27. The maximum absolute atomic E-state index is 14.9. The third-order valence-electron chi connectivity index (χ3n) is 9.28. The molecule has 0 unspecified atom stereocenters. The molecule has 0 bridgehead atoms. The molecule has 2 saturated heterocycles. The first kappa shape index (κ1) is 24.1. The van der Waals surface area contributed by atoms with E-state index in [1.54, 1.807) is 12.1 Å². The van der Waals surface area contributed by atoms with E-state index in [0.29, 0.717) is 35.7 Å². The van der Waals surface area contributed by atoms with Crippen molar-refractivity contribution in [3.63, 3.8) is 0 Å². The Balaban J connectivity index is 1.59. The number of ether oxygens (including phenoxy) is 1. The number of anilines is 2. The molecule has 0 aromatic heterocycles. The number of Topliss-reactive ketones (excluding diaryl/α,β-unsaturated/α-hetero) is 1. The smallest absolute Gasteiger partial charge is 0.251 e. The number of rotatable bonds is 4. The molecule has 7 heteroatoms. The highest BCUT2D eigenvalue weighted by molar-refractivity contribution is 6.21. The number of benzene rings is 3. The van der Waals surface area contributed by atoms with Gasteiger partial charge in [0.15, 0.2) is 5.78 Å². The summed E-state index contributed by atoms with van der Waals surface area (Å²) in [5.41, 5.74) is 2.49. The van der Waals surface area contributed by atoms with Gasteiger partial charge < -0.3 is 15.4 Å². The van der Waals surface area contributed by atoms with E-state index < -0.39 is 16.9 Å². The van der Waals surface area contributed by atoms with E-state index >= 15 is 0 Å². The topological polar surface area (TPSA) is 87.7 Å². The van der Waals surface area contributed by atoms with Gasteiger partial charge in [-0.15, -0.1) is 0 Å². The zero-order chi connectivity index (χ0) is 27.1. The minimum absolute atomic E-state index is 0.162. The van der Waals surface area contributed by atoms with Gasteiger partial charge in [0.05, 0.1) is 18.1 Å². The number of nitrogens with zero attached hydrogens (tertiary/aromatic N) is 1. The zero-order valence-electron chi connectivity index (χ0n) is 22.3. The summed E-state index contributed by atoms with van der Waals surface area (Å²) in [6.07, 6.45) is 1.57. The molecule has 0 radical (unpaired) electrons. The van der Waals surface area contributed by atoms with Crippen LogP contribution in [0.5, 0.6) is 5.75 Å². The Labute approximate surface area is 227 Å². The maximum Gasteiger partial charge on any atom is 0.251 e. The standard InChI is InChI=1S/C32H31N3O4/c1-4-39-25-14-8-5-10-20(25)28(36)26-24-13-9-15-35(24)32(22-17-18(2)16-19(3)27(22)34-30(32)38)31(26)21-11-6-7-12-23(21)33-29(31)37/h5-8,10-12,14,16-17,24,26H,4,9,13,15H2,1-3H3,(H,33,37)(H,34,38)/t24-,26-,31-,32+/m0/s1. The summed E-state index contributed by atoms with van der Waals surface area (Å²) in [6, 6.07) is 18.6. The van der Waals surface area contributed by atoms with Gasteiger partial charge in [-0.3, -0.25) is 19.3 Å². The molecule has 2 N–H and O–H groups in total. The molecular weight excluding hydrogens is 490 g/mol. The van der Waals surface area contributed by atoms with Crippen molar-refractivity contribution >= 4 is 29.0 Å². The Bertz CT molecular complexity index is 1580. The number of carbonyl (C=O) groups is 3. The molecular formula is C32H31N3O4. The Hall–Kier alpha value is -3.97. The Morgan fingerprint density at radius 3 is 2.59 bits per heavy atom. The second-order valence-corrected chi connectivity index (χ2v) is 11.2. The normalized spacial score (nSPS) is 28.4. The molecule has 198 valence electrons. The van der Waals surface area contributed by atoms with Crippen LogP contribution in [0.15, 0.2) is 60.7 Å². The van der Waals surface area contributed by atoms with Gasteiger partial charge in [-0.25, -0.2) is 0 Å². The predicted octanol–water partition coefficient (Wildman–Crippen LogP) is 4.72. The molecule has 2 amide bonds. The lowest BCUT2D eigenvalue weighted by atomic mass is 9.57. The first-order valence-corrected chi connectivity index (χ1v) is 13.7. The van der Waals surface area contributed by atoms with E-state index in [4.69, 9.17) is 4.74 Å². The van der Waals surface area contributed by atoms with Gasteiger partial charge >= 0.3 is 0 Å². The van der Waals surface area contributed by atoms with Crippen LogP contribution in [0, 0.1) is 19.8 Å². The van der Waals surface area contributed by atoms with Crippen LogP contribution in [0.3, 0.4) is 0 Å². The van der Waals surface area contributed by atoms with Crippen LogP contribution in [0.1, 0.15) is 52.4 Å². The fraction of sp³-hybridized carbons (Fsp3) is 0.344. The fourth-order valence-corrected chi connectivity index (χ4v) is 8.16. The number of fused-ring (bicyclic) bond motifs is 7. The van der Waals surface area contributed by atoms with Crippen molar-refractivity contribution in [2.75, 3.05) is 23.8 Å². The first-order chi connectivity index (χ1) is 18.9. The van der Waals surface area contributed by atoms with Crippen LogP contribution in [-0.4, -0.2) is 41.7 Å². The van der Waals surface area contributed by atoms with Gasteiger partial charge in [0.1, 0.15) is 16.7 Å². The van der Waals surface area contributed by atoms with Crippen molar-refractivity contribution < 1.29 is 19.1 Å². The van der Waals surface area contributed by atoms with Crippen molar-refractivity contribution in [2.24, 2.45) is 5.92 Å². The SMILES string of the molecule is CCOc1ccccc1C(=O)[C@@H]1[C@@H]2CCCN2[C@]2(C(=O)Nc3c(C)cc(C)cc32)[C@]12C(=O)Nc1ccccc12. The largest absolute Gasteiger partial charge is 0.493 e. The third kappa shape index (κ3) is 2.78. The van der Waals surface area contributed by atoms with E-state index in [1.807, 2.05) is 69.3 Å². The monoisotopic (exact) mass is 521 g/mol. The number of amides is 2. The predicted molar refractivity (Wildman–Crippen MR) is 148 cm³/mol. The van der Waals surface area contributed by atoms with Crippen LogP contribution in [0.4, 0.5) is 11.4 Å². The molecule has 4 aliphatic heterocycles.